The van der Waals surface area contributed by atoms with Gasteiger partial charge in [-0.1, -0.05) is 6.08 Å². The van der Waals surface area contributed by atoms with E-state index in [1.807, 2.05) is 6.08 Å². The molecule has 0 amide bonds. The molecule has 1 aliphatic rings. The number of nitrogens with two attached hydrogens (primary N) is 1. The van der Waals surface area contributed by atoms with Gasteiger partial charge in [-0.25, -0.2) is 0 Å². The molecule has 0 atom stereocenters. The Morgan fingerprint density at radius 1 is 1.50 bits per heavy atom. The molecule has 0 aromatic carbocycles. The van der Waals surface area contributed by atoms with Crippen LogP contribution in [0.25, 0.3) is 0 Å². The van der Waals surface area contributed by atoms with Gasteiger partial charge in [0.15, 0.2) is 0 Å². The van der Waals surface area contributed by atoms with Gasteiger partial charge >= 0.3 is 0 Å². The number of unbranched alkanes of at least 4 members (excludes halogenated alkanes) is 1. The molecule has 0 heterocycles. The van der Waals surface area contributed by atoms with Crippen molar-refractivity contribution in [3.05, 3.63) is 12.7 Å². The zero-order valence-corrected chi connectivity index (χ0v) is 6.60. The standard InChI is InChI=1S/C9H17N/c1-2-3-4-5-9(8-10)6-7-9/h2H,1,3-8,10H2. The summed E-state index contributed by atoms with van der Waals surface area (Å²) in [6.45, 7) is 4.59. The maximum Gasteiger partial charge on any atom is -0.00205 e. The molecule has 0 aliphatic heterocycles. The average Bonchev–Trinajstić information content (AvgIpc) is 2.70. The highest BCUT2D eigenvalue weighted by molar-refractivity contribution is 4.93. The molecule has 0 unspecified atom stereocenters. The third-order valence-electron chi connectivity index (χ3n) is 2.51. The quantitative estimate of drug-likeness (QED) is 0.458. The summed E-state index contributed by atoms with van der Waals surface area (Å²) < 4.78 is 0. The van der Waals surface area contributed by atoms with Gasteiger partial charge in [0.1, 0.15) is 0 Å². The molecule has 0 radical (unpaired) electrons. The third kappa shape index (κ3) is 1.84. The largest absolute Gasteiger partial charge is 0.330 e. The van der Waals surface area contributed by atoms with Crippen molar-refractivity contribution in [2.24, 2.45) is 11.1 Å². The molecule has 1 saturated carbocycles. The summed E-state index contributed by atoms with van der Waals surface area (Å²) in [7, 11) is 0. The molecule has 1 rings (SSSR count). The van der Waals surface area contributed by atoms with E-state index in [2.05, 4.69) is 6.58 Å². The van der Waals surface area contributed by atoms with Crippen molar-refractivity contribution >= 4 is 0 Å². The summed E-state index contributed by atoms with van der Waals surface area (Å²) in [6.07, 6.45) is 8.46. The van der Waals surface area contributed by atoms with E-state index in [1.54, 1.807) is 0 Å². The summed E-state index contributed by atoms with van der Waals surface area (Å²) in [5.74, 6) is 0. The van der Waals surface area contributed by atoms with Crippen molar-refractivity contribution in [2.75, 3.05) is 6.54 Å². The summed E-state index contributed by atoms with van der Waals surface area (Å²) >= 11 is 0. The fourth-order valence-electron chi connectivity index (χ4n) is 1.35. The maximum absolute atomic E-state index is 5.63. The van der Waals surface area contributed by atoms with Crippen LogP contribution in [0.4, 0.5) is 0 Å². The van der Waals surface area contributed by atoms with Crippen LogP contribution < -0.4 is 5.73 Å². The van der Waals surface area contributed by atoms with E-state index in [1.165, 1.54) is 25.7 Å². The van der Waals surface area contributed by atoms with Crippen LogP contribution in [0.15, 0.2) is 12.7 Å². The molecule has 1 aliphatic carbocycles. The van der Waals surface area contributed by atoms with E-state index in [0.29, 0.717) is 5.41 Å². The van der Waals surface area contributed by atoms with Crippen LogP contribution in [0.2, 0.25) is 0 Å². The number of rotatable bonds is 5. The Labute approximate surface area is 63.3 Å². The van der Waals surface area contributed by atoms with Crippen LogP contribution in [0.5, 0.6) is 0 Å². The van der Waals surface area contributed by atoms with Crippen molar-refractivity contribution in [3.63, 3.8) is 0 Å². The van der Waals surface area contributed by atoms with Gasteiger partial charge in [-0.05, 0) is 44.1 Å². The van der Waals surface area contributed by atoms with Crippen LogP contribution in [0, 0.1) is 5.41 Å². The Morgan fingerprint density at radius 3 is 2.60 bits per heavy atom. The zero-order valence-electron chi connectivity index (χ0n) is 6.60. The fourth-order valence-corrected chi connectivity index (χ4v) is 1.35. The Hall–Kier alpha value is -0.300. The van der Waals surface area contributed by atoms with E-state index >= 15 is 0 Å². The predicted octanol–water partition coefficient (Wildman–Crippen LogP) is 2.08. The second-order valence-corrected chi connectivity index (χ2v) is 3.39. The van der Waals surface area contributed by atoms with Gasteiger partial charge in [-0.3, -0.25) is 0 Å². The van der Waals surface area contributed by atoms with Crippen molar-refractivity contribution in [1.82, 2.24) is 0 Å². The van der Waals surface area contributed by atoms with Gasteiger partial charge in [0.2, 0.25) is 0 Å². The van der Waals surface area contributed by atoms with Gasteiger partial charge in [0, 0.05) is 0 Å². The van der Waals surface area contributed by atoms with Gasteiger partial charge < -0.3 is 5.73 Å². The molecule has 0 aromatic heterocycles. The molecular weight excluding hydrogens is 122 g/mol. The summed E-state index contributed by atoms with van der Waals surface area (Å²) in [4.78, 5) is 0. The number of allylic oxidation sites excluding steroid dienone is 1. The monoisotopic (exact) mass is 139 g/mol. The Morgan fingerprint density at radius 2 is 2.20 bits per heavy atom. The highest BCUT2D eigenvalue weighted by atomic mass is 14.6. The number of hydrogen-bond acceptors (Lipinski definition) is 1. The van der Waals surface area contributed by atoms with E-state index in [4.69, 9.17) is 5.73 Å². The van der Waals surface area contributed by atoms with Crippen LogP contribution in [0.1, 0.15) is 32.1 Å². The SMILES string of the molecule is C=CCCCC1(CN)CC1. The van der Waals surface area contributed by atoms with Gasteiger partial charge in [0.05, 0.1) is 0 Å². The molecule has 0 saturated heterocycles. The lowest BCUT2D eigenvalue weighted by Gasteiger charge is -2.09. The molecule has 0 aromatic rings. The van der Waals surface area contributed by atoms with Crippen molar-refractivity contribution in [2.45, 2.75) is 32.1 Å². The Balaban J connectivity index is 2.06. The summed E-state index contributed by atoms with van der Waals surface area (Å²) in [6, 6.07) is 0. The summed E-state index contributed by atoms with van der Waals surface area (Å²) in [5, 5.41) is 0. The minimum atomic E-state index is 0.572. The first-order valence-electron chi connectivity index (χ1n) is 4.14. The van der Waals surface area contributed by atoms with Crippen LogP contribution in [-0.2, 0) is 0 Å². The molecule has 10 heavy (non-hydrogen) atoms. The maximum atomic E-state index is 5.63. The lowest BCUT2D eigenvalue weighted by molar-refractivity contribution is 0.462. The normalized spacial score (nSPS) is 20.5. The molecule has 0 bridgehead atoms. The van der Waals surface area contributed by atoms with Gasteiger partial charge in [0.25, 0.3) is 0 Å². The van der Waals surface area contributed by atoms with Crippen LogP contribution in [-0.4, -0.2) is 6.54 Å². The third-order valence-corrected chi connectivity index (χ3v) is 2.51. The predicted molar refractivity (Wildman–Crippen MR) is 44.8 cm³/mol. The van der Waals surface area contributed by atoms with Crippen LogP contribution in [0.3, 0.4) is 0 Å². The highest BCUT2D eigenvalue weighted by Crippen LogP contribution is 2.48. The van der Waals surface area contributed by atoms with Gasteiger partial charge in [-0.15, -0.1) is 6.58 Å². The lowest BCUT2D eigenvalue weighted by Crippen LogP contribution is -2.14. The molecule has 2 N–H and O–H groups in total. The first kappa shape index (κ1) is 7.80. The van der Waals surface area contributed by atoms with Crippen molar-refractivity contribution in [1.29, 1.82) is 0 Å². The smallest absolute Gasteiger partial charge is 0.00205 e. The minimum Gasteiger partial charge on any atom is -0.330 e. The fraction of sp³-hybridized carbons (Fsp3) is 0.778. The molecule has 0 spiro atoms. The van der Waals surface area contributed by atoms with E-state index in [9.17, 15) is 0 Å². The average molecular weight is 139 g/mol. The molecule has 1 heteroatoms. The summed E-state index contributed by atoms with van der Waals surface area (Å²) in [5.41, 5.74) is 6.20. The van der Waals surface area contributed by atoms with E-state index in [-0.39, 0.29) is 0 Å². The van der Waals surface area contributed by atoms with Gasteiger partial charge in [-0.2, -0.15) is 0 Å². The Bertz CT molecular complexity index is 114. The minimum absolute atomic E-state index is 0.572. The lowest BCUT2D eigenvalue weighted by atomic mass is 9.99. The highest BCUT2D eigenvalue weighted by Gasteiger charge is 2.39. The zero-order chi connectivity index (χ0) is 7.45. The topological polar surface area (TPSA) is 26.0 Å². The second kappa shape index (κ2) is 3.20. The molecule has 1 fully saturated rings. The van der Waals surface area contributed by atoms with E-state index in [0.717, 1.165) is 13.0 Å². The van der Waals surface area contributed by atoms with Crippen LogP contribution >= 0.6 is 0 Å². The number of hydrogen-bond donors (Lipinski definition) is 1. The molecule has 1 nitrogen and oxygen atoms in total. The molecule has 58 valence electrons. The van der Waals surface area contributed by atoms with E-state index < -0.39 is 0 Å². The molecular formula is C9H17N. The first-order valence-corrected chi connectivity index (χ1v) is 4.14. The van der Waals surface area contributed by atoms with Crippen molar-refractivity contribution in [3.8, 4) is 0 Å². The first-order chi connectivity index (χ1) is 4.83. The Kier molecular flexibility index (Phi) is 2.50. The second-order valence-electron chi connectivity index (χ2n) is 3.39. The van der Waals surface area contributed by atoms with Crippen molar-refractivity contribution < 1.29 is 0 Å².